The molecule has 0 bridgehead atoms. The molecule has 0 N–H and O–H groups in total. The van der Waals surface area contributed by atoms with Gasteiger partial charge in [-0.05, 0) is 49.1 Å². The number of hydrogen-bond donors (Lipinski definition) is 0. The Balaban J connectivity index is 1.46. The second-order valence-corrected chi connectivity index (χ2v) is 7.47. The van der Waals surface area contributed by atoms with Gasteiger partial charge < -0.3 is 18.9 Å². The molecule has 0 radical (unpaired) electrons. The van der Waals surface area contributed by atoms with Gasteiger partial charge in [0.05, 0.1) is 6.54 Å². The smallest absolute Gasteiger partial charge is 0.254 e. The number of rotatable bonds is 7. The number of ether oxygens (including phenoxy) is 2. The van der Waals surface area contributed by atoms with Crippen LogP contribution in [0.25, 0.3) is 11.2 Å². The van der Waals surface area contributed by atoms with E-state index in [1.807, 2.05) is 12.1 Å². The Morgan fingerprint density at radius 2 is 2.14 bits per heavy atom. The summed E-state index contributed by atoms with van der Waals surface area (Å²) in [5.74, 6) is 2.68. The average Bonchev–Trinajstić information content (AvgIpc) is 3.32. The first-order valence-electron chi connectivity index (χ1n) is 9.83. The first kappa shape index (κ1) is 17.7. The molecule has 0 spiro atoms. The molecule has 29 heavy (non-hydrogen) atoms. The number of imidazole rings is 1. The highest BCUT2D eigenvalue weighted by Crippen LogP contribution is 2.34. The normalized spacial score (nSPS) is 14.9. The lowest BCUT2D eigenvalue weighted by atomic mass is 10.1. The first-order valence-corrected chi connectivity index (χ1v) is 9.83. The third-order valence-electron chi connectivity index (χ3n) is 5.31. The van der Waals surface area contributed by atoms with E-state index in [-0.39, 0.29) is 12.7 Å². The van der Waals surface area contributed by atoms with Crippen molar-refractivity contribution in [3.05, 3.63) is 60.6 Å². The van der Waals surface area contributed by atoms with Gasteiger partial charge in [0.2, 0.25) is 6.79 Å². The van der Waals surface area contributed by atoms with E-state index in [2.05, 4.69) is 16.1 Å². The molecule has 0 unspecified atom stereocenters. The Bertz CT molecular complexity index is 1090. The second kappa shape index (κ2) is 7.24. The molecular weight excluding hydrogens is 368 g/mol. The van der Waals surface area contributed by atoms with Crippen LogP contribution in [0.3, 0.4) is 0 Å². The van der Waals surface area contributed by atoms with Crippen LogP contribution in [-0.4, -0.2) is 38.7 Å². The lowest BCUT2D eigenvalue weighted by Gasteiger charge is -2.21. The molecule has 5 rings (SSSR count). The molecule has 3 heterocycles. The molecule has 1 saturated carbocycles. The maximum atomic E-state index is 13.2. The van der Waals surface area contributed by atoms with Crippen molar-refractivity contribution in [3.8, 4) is 11.5 Å². The fourth-order valence-electron chi connectivity index (χ4n) is 3.63. The molecule has 2 aliphatic rings. The molecular formula is C22H22N4O3. The van der Waals surface area contributed by atoms with Crippen LogP contribution < -0.4 is 9.47 Å². The maximum absolute atomic E-state index is 13.2. The van der Waals surface area contributed by atoms with Crippen molar-refractivity contribution in [3.63, 3.8) is 0 Å². The summed E-state index contributed by atoms with van der Waals surface area (Å²) in [7, 11) is 0. The molecule has 2 aromatic heterocycles. The molecule has 1 fully saturated rings. The number of fused-ring (bicyclic) bond motifs is 2. The van der Waals surface area contributed by atoms with E-state index < -0.39 is 0 Å². The van der Waals surface area contributed by atoms with E-state index in [9.17, 15) is 4.79 Å². The van der Waals surface area contributed by atoms with Crippen molar-refractivity contribution in [2.75, 3.05) is 13.3 Å². The second-order valence-electron chi connectivity index (χ2n) is 7.47. The van der Waals surface area contributed by atoms with E-state index in [0.29, 0.717) is 36.1 Å². The standard InChI is InChI=1S/C22H22N4O3/c1-2-10-25(22(27)16-7-8-18-19(11-16)29-14-28-18)13-20-24-17-4-3-9-23-21(17)26(20)12-15-5-6-15/h2-4,7-9,11,15H,1,5-6,10,12-14H2. The van der Waals surface area contributed by atoms with Crippen molar-refractivity contribution < 1.29 is 14.3 Å². The third-order valence-corrected chi connectivity index (χ3v) is 5.31. The summed E-state index contributed by atoms with van der Waals surface area (Å²) in [6, 6.07) is 9.12. The van der Waals surface area contributed by atoms with Crippen LogP contribution in [0.1, 0.15) is 29.0 Å². The minimum Gasteiger partial charge on any atom is -0.454 e. The zero-order valence-corrected chi connectivity index (χ0v) is 16.1. The number of carbonyl (C=O) groups excluding carboxylic acids is 1. The van der Waals surface area contributed by atoms with Crippen LogP contribution in [0, 0.1) is 5.92 Å². The molecule has 7 heteroatoms. The van der Waals surface area contributed by atoms with Crippen molar-refractivity contribution in [1.82, 2.24) is 19.4 Å². The highest BCUT2D eigenvalue weighted by molar-refractivity contribution is 5.95. The van der Waals surface area contributed by atoms with Gasteiger partial charge in [0, 0.05) is 24.8 Å². The van der Waals surface area contributed by atoms with Gasteiger partial charge in [-0.15, -0.1) is 6.58 Å². The molecule has 0 atom stereocenters. The monoisotopic (exact) mass is 390 g/mol. The summed E-state index contributed by atoms with van der Waals surface area (Å²) in [4.78, 5) is 24.3. The average molecular weight is 390 g/mol. The molecule has 1 amide bonds. The summed E-state index contributed by atoms with van der Waals surface area (Å²) in [6.07, 6.45) is 5.99. The Kier molecular flexibility index (Phi) is 4.42. The van der Waals surface area contributed by atoms with Crippen LogP contribution in [0.4, 0.5) is 0 Å². The quantitative estimate of drug-likeness (QED) is 0.579. The predicted octanol–water partition coefficient (Wildman–Crippen LogP) is 3.40. The van der Waals surface area contributed by atoms with Gasteiger partial charge in [-0.3, -0.25) is 4.79 Å². The molecule has 0 saturated heterocycles. The van der Waals surface area contributed by atoms with E-state index >= 15 is 0 Å². The number of benzene rings is 1. The number of pyridine rings is 1. The number of carbonyl (C=O) groups is 1. The van der Waals surface area contributed by atoms with Crippen LogP contribution in [0.15, 0.2) is 49.2 Å². The Morgan fingerprint density at radius 1 is 1.28 bits per heavy atom. The predicted molar refractivity (Wildman–Crippen MR) is 108 cm³/mol. The number of amides is 1. The van der Waals surface area contributed by atoms with Gasteiger partial charge in [0.15, 0.2) is 17.1 Å². The number of hydrogen-bond acceptors (Lipinski definition) is 5. The SMILES string of the molecule is C=CCN(Cc1nc2cccnc2n1CC1CC1)C(=O)c1ccc2c(c1)OCO2. The lowest BCUT2D eigenvalue weighted by molar-refractivity contribution is 0.0756. The fraction of sp³-hybridized carbons (Fsp3) is 0.318. The Morgan fingerprint density at radius 3 is 2.97 bits per heavy atom. The van der Waals surface area contributed by atoms with Gasteiger partial charge >= 0.3 is 0 Å². The summed E-state index contributed by atoms with van der Waals surface area (Å²) < 4.78 is 12.9. The topological polar surface area (TPSA) is 69.5 Å². The molecule has 1 aliphatic heterocycles. The van der Waals surface area contributed by atoms with Gasteiger partial charge in [0.1, 0.15) is 11.3 Å². The molecule has 148 valence electrons. The summed E-state index contributed by atoms with van der Waals surface area (Å²) >= 11 is 0. The van der Waals surface area contributed by atoms with Gasteiger partial charge in [0.25, 0.3) is 5.91 Å². The molecule has 1 aliphatic carbocycles. The van der Waals surface area contributed by atoms with Crippen molar-refractivity contribution in [2.24, 2.45) is 5.92 Å². The molecule has 7 nitrogen and oxygen atoms in total. The summed E-state index contributed by atoms with van der Waals surface area (Å²) in [5, 5.41) is 0. The first-order chi connectivity index (χ1) is 14.2. The third kappa shape index (κ3) is 3.44. The number of aromatic nitrogens is 3. The van der Waals surface area contributed by atoms with Crippen molar-refractivity contribution >= 4 is 17.1 Å². The maximum Gasteiger partial charge on any atom is 0.254 e. The zero-order chi connectivity index (χ0) is 19.8. The Hall–Kier alpha value is -3.35. The minimum absolute atomic E-state index is 0.0961. The summed E-state index contributed by atoms with van der Waals surface area (Å²) in [6.45, 7) is 5.71. The summed E-state index contributed by atoms with van der Waals surface area (Å²) in [5.41, 5.74) is 2.29. The molecule has 1 aromatic carbocycles. The number of nitrogens with zero attached hydrogens (tertiary/aromatic N) is 4. The van der Waals surface area contributed by atoms with E-state index in [1.165, 1.54) is 12.8 Å². The fourth-order valence-corrected chi connectivity index (χ4v) is 3.63. The lowest BCUT2D eigenvalue weighted by Crippen LogP contribution is -2.32. The zero-order valence-electron chi connectivity index (χ0n) is 16.1. The largest absolute Gasteiger partial charge is 0.454 e. The van der Waals surface area contributed by atoms with E-state index in [1.54, 1.807) is 35.4 Å². The van der Waals surface area contributed by atoms with Gasteiger partial charge in [-0.2, -0.15) is 0 Å². The van der Waals surface area contributed by atoms with Crippen LogP contribution >= 0.6 is 0 Å². The van der Waals surface area contributed by atoms with E-state index in [0.717, 1.165) is 23.5 Å². The van der Waals surface area contributed by atoms with Crippen molar-refractivity contribution in [2.45, 2.75) is 25.9 Å². The van der Waals surface area contributed by atoms with Gasteiger partial charge in [-0.1, -0.05) is 6.08 Å². The minimum atomic E-state index is -0.0961. The van der Waals surface area contributed by atoms with Crippen molar-refractivity contribution in [1.29, 1.82) is 0 Å². The van der Waals surface area contributed by atoms with Crippen LogP contribution in [0.5, 0.6) is 11.5 Å². The van der Waals surface area contributed by atoms with Crippen LogP contribution in [0.2, 0.25) is 0 Å². The highest BCUT2D eigenvalue weighted by atomic mass is 16.7. The van der Waals surface area contributed by atoms with Crippen LogP contribution in [-0.2, 0) is 13.1 Å². The highest BCUT2D eigenvalue weighted by Gasteiger charge is 2.26. The van der Waals surface area contributed by atoms with E-state index in [4.69, 9.17) is 14.5 Å². The van der Waals surface area contributed by atoms with Gasteiger partial charge in [-0.25, -0.2) is 9.97 Å². The Labute approximate surface area is 168 Å². The molecule has 3 aromatic rings.